The van der Waals surface area contributed by atoms with Crippen LogP contribution in [0.1, 0.15) is 45.4 Å². The molecule has 49 heavy (non-hydrogen) atoms. The van der Waals surface area contributed by atoms with Crippen LogP contribution in [-0.2, 0) is 5.41 Å². The first-order chi connectivity index (χ1) is 24.3. The fourth-order valence-electron chi connectivity index (χ4n) is 7.98. The SMILES string of the molecule is C1=C(c2ccc3c(c2)C2(c4ccccc4O3)c3ccccc3-c3ccccc32)SC(C2N=C(c3ccccc3)NC(c3ccccc3)=N2)C1. The Morgan fingerprint density at radius 1 is 0.551 bits per heavy atom. The summed E-state index contributed by atoms with van der Waals surface area (Å²) in [5, 5.41) is 3.70. The van der Waals surface area contributed by atoms with Crippen molar-refractivity contribution < 1.29 is 4.74 Å². The molecule has 4 aliphatic rings. The minimum atomic E-state index is -0.477. The first-order valence-corrected chi connectivity index (χ1v) is 17.7. The van der Waals surface area contributed by atoms with Gasteiger partial charge in [-0.2, -0.15) is 0 Å². The zero-order chi connectivity index (χ0) is 32.4. The molecule has 1 aliphatic carbocycles. The average Bonchev–Trinajstić information content (AvgIpc) is 3.79. The van der Waals surface area contributed by atoms with Crippen molar-refractivity contribution >= 4 is 28.3 Å². The van der Waals surface area contributed by atoms with E-state index >= 15 is 0 Å². The largest absolute Gasteiger partial charge is 0.457 e. The van der Waals surface area contributed by atoms with E-state index < -0.39 is 5.41 Å². The van der Waals surface area contributed by atoms with E-state index in [4.69, 9.17) is 14.7 Å². The Morgan fingerprint density at radius 3 is 1.76 bits per heavy atom. The number of hydrogen-bond acceptors (Lipinski definition) is 5. The van der Waals surface area contributed by atoms with Crippen molar-refractivity contribution in [1.29, 1.82) is 0 Å². The van der Waals surface area contributed by atoms with Gasteiger partial charge in [0, 0.05) is 27.2 Å². The molecule has 4 nitrogen and oxygen atoms in total. The molecule has 6 aromatic carbocycles. The smallest absolute Gasteiger partial charge is 0.156 e. The molecule has 1 atom stereocenters. The first-order valence-electron chi connectivity index (χ1n) is 16.8. The van der Waals surface area contributed by atoms with Gasteiger partial charge < -0.3 is 10.1 Å². The highest BCUT2D eigenvalue weighted by molar-refractivity contribution is 8.09. The quantitative estimate of drug-likeness (QED) is 0.207. The van der Waals surface area contributed by atoms with Crippen LogP contribution in [0, 0.1) is 0 Å². The van der Waals surface area contributed by atoms with Crippen LogP contribution in [0.2, 0.25) is 0 Å². The summed E-state index contributed by atoms with van der Waals surface area (Å²) >= 11 is 1.88. The fraction of sp³-hybridized carbons (Fsp3) is 0.0909. The van der Waals surface area contributed by atoms with Gasteiger partial charge in [0.1, 0.15) is 23.2 Å². The van der Waals surface area contributed by atoms with Crippen LogP contribution in [0.3, 0.4) is 0 Å². The number of allylic oxidation sites excluding steroid dienone is 1. The van der Waals surface area contributed by atoms with Crippen molar-refractivity contribution in [3.8, 4) is 22.6 Å². The number of ether oxygens (including phenoxy) is 1. The van der Waals surface area contributed by atoms with Crippen LogP contribution in [0.25, 0.3) is 16.0 Å². The number of benzene rings is 6. The molecule has 0 aromatic heterocycles. The summed E-state index contributed by atoms with van der Waals surface area (Å²) in [5.41, 5.74) is 10.4. The molecule has 0 bridgehead atoms. The van der Waals surface area contributed by atoms with Crippen LogP contribution >= 0.6 is 11.8 Å². The minimum absolute atomic E-state index is 0.171. The van der Waals surface area contributed by atoms with Gasteiger partial charge in [-0.25, -0.2) is 9.98 Å². The third kappa shape index (κ3) is 4.39. The summed E-state index contributed by atoms with van der Waals surface area (Å²) in [7, 11) is 0. The first kappa shape index (κ1) is 28.4. The number of amidine groups is 2. The van der Waals surface area contributed by atoms with Gasteiger partial charge in [0.2, 0.25) is 0 Å². The van der Waals surface area contributed by atoms with Gasteiger partial charge >= 0.3 is 0 Å². The Balaban J connectivity index is 1.06. The Morgan fingerprint density at radius 2 is 1.10 bits per heavy atom. The van der Waals surface area contributed by atoms with E-state index in [1.807, 2.05) is 23.9 Å². The zero-order valence-corrected chi connectivity index (χ0v) is 27.4. The molecule has 10 rings (SSSR count). The van der Waals surface area contributed by atoms with E-state index in [0.29, 0.717) is 0 Å². The van der Waals surface area contributed by atoms with Crippen molar-refractivity contribution in [3.05, 3.63) is 197 Å². The summed E-state index contributed by atoms with van der Waals surface area (Å²) in [5.74, 6) is 3.53. The topological polar surface area (TPSA) is 46.0 Å². The lowest BCUT2D eigenvalue weighted by atomic mass is 9.66. The van der Waals surface area contributed by atoms with Crippen LogP contribution in [0.4, 0.5) is 0 Å². The van der Waals surface area contributed by atoms with Crippen molar-refractivity contribution in [2.45, 2.75) is 23.3 Å². The summed E-state index contributed by atoms with van der Waals surface area (Å²) in [6.45, 7) is 0. The van der Waals surface area contributed by atoms with Gasteiger partial charge in [0.05, 0.1) is 10.7 Å². The maximum Gasteiger partial charge on any atom is 0.156 e. The molecule has 5 heteroatoms. The van der Waals surface area contributed by atoms with Gasteiger partial charge in [-0.3, -0.25) is 0 Å². The molecule has 0 radical (unpaired) electrons. The van der Waals surface area contributed by atoms with E-state index in [9.17, 15) is 0 Å². The van der Waals surface area contributed by atoms with Crippen molar-refractivity contribution in [3.63, 3.8) is 0 Å². The fourth-order valence-corrected chi connectivity index (χ4v) is 9.20. The summed E-state index contributed by atoms with van der Waals surface area (Å²) in [6, 6.07) is 53.8. The molecule has 0 fully saturated rings. The van der Waals surface area contributed by atoms with Gasteiger partial charge in [0.25, 0.3) is 0 Å². The standard InChI is InChI=1S/C44H31N3OS/c1-3-13-28(14-4-1)41-45-42(29-15-5-2-6-16-29)47-43(46-41)40-26-25-39(49-40)30-23-24-38-36(27-30)44(35-21-11-12-22-37(35)48-38)33-19-9-7-17-31(33)32-18-8-10-20-34(32)44/h1-25,27,40,43H,26H2,(H,45,46,47). The van der Waals surface area contributed by atoms with Crippen LogP contribution in [-0.4, -0.2) is 23.1 Å². The molecule has 0 saturated heterocycles. The van der Waals surface area contributed by atoms with Gasteiger partial charge in [-0.1, -0.05) is 140 Å². The van der Waals surface area contributed by atoms with Gasteiger partial charge in [-0.15, -0.1) is 11.8 Å². The van der Waals surface area contributed by atoms with Crippen LogP contribution in [0.5, 0.6) is 11.5 Å². The normalized spacial score (nSPS) is 18.2. The number of nitrogens with zero attached hydrogens (tertiary/aromatic N) is 2. The second-order valence-corrected chi connectivity index (χ2v) is 14.1. The lowest BCUT2D eigenvalue weighted by Crippen LogP contribution is -2.39. The van der Waals surface area contributed by atoms with E-state index in [-0.39, 0.29) is 11.4 Å². The molecular formula is C44H31N3OS. The third-order valence-electron chi connectivity index (χ3n) is 10.1. The minimum Gasteiger partial charge on any atom is -0.457 e. The Hall–Kier alpha value is -5.65. The number of aliphatic imine (C=N–C) groups is 2. The average molecular weight is 650 g/mol. The van der Waals surface area contributed by atoms with Crippen molar-refractivity contribution in [2.75, 3.05) is 0 Å². The molecule has 1 unspecified atom stereocenters. The predicted molar refractivity (Wildman–Crippen MR) is 201 cm³/mol. The third-order valence-corrected chi connectivity index (χ3v) is 11.5. The van der Waals surface area contributed by atoms with E-state index in [0.717, 1.165) is 40.7 Å². The number of hydrogen-bond donors (Lipinski definition) is 1. The molecule has 6 aromatic rings. The molecular weight excluding hydrogens is 619 g/mol. The second kappa shape index (κ2) is 11.2. The maximum atomic E-state index is 6.67. The highest BCUT2D eigenvalue weighted by atomic mass is 32.2. The van der Waals surface area contributed by atoms with E-state index in [1.54, 1.807) is 0 Å². The molecule has 0 amide bonds. The van der Waals surface area contributed by atoms with E-state index in [1.165, 1.54) is 43.8 Å². The van der Waals surface area contributed by atoms with Gasteiger partial charge in [-0.05, 0) is 52.4 Å². The highest BCUT2D eigenvalue weighted by Gasteiger charge is 2.51. The Kier molecular flexibility index (Phi) is 6.49. The molecule has 3 heterocycles. The maximum absolute atomic E-state index is 6.67. The monoisotopic (exact) mass is 649 g/mol. The Labute approximate surface area is 290 Å². The number of nitrogens with one attached hydrogen (secondary N) is 1. The molecule has 0 saturated carbocycles. The van der Waals surface area contributed by atoms with Gasteiger partial charge in [0.15, 0.2) is 6.17 Å². The highest BCUT2D eigenvalue weighted by Crippen LogP contribution is 2.62. The lowest BCUT2D eigenvalue weighted by molar-refractivity contribution is 0.436. The van der Waals surface area contributed by atoms with Crippen LogP contribution in [0.15, 0.2) is 168 Å². The summed E-state index contributed by atoms with van der Waals surface area (Å²) in [4.78, 5) is 11.6. The molecule has 1 spiro atoms. The number of thioether (sulfide) groups is 1. The Bertz CT molecular complexity index is 2260. The molecule has 1 N–H and O–H groups in total. The van der Waals surface area contributed by atoms with E-state index in [2.05, 4.69) is 151 Å². The number of para-hydroxylation sites is 1. The second-order valence-electron chi connectivity index (χ2n) is 12.8. The molecule has 234 valence electrons. The summed E-state index contributed by atoms with van der Waals surface area (Å²) < 4.78 is 6.67. The molecule has 3 aliphatic heterocycles. The zero-order valence-electron chi connectivity index (χ0n) is 26.6. The number of rotatable bonds is 4. The van der Waals surface area contributed by atoms with Crippen LogP contribution < -0.4 is 10.1 Å². The predicted octanol–water partition coefficient (Wildman–Crippen LogP) is 9.82. The van der Waals surface area contributed by atoms with Crippen molar-refractivity contribution in [1.82, 2.24) is 5.32 Å². The summed E-state index contributed by atoms with van der Waals surface area (Å²) in [6.07, 6.45) is 3.03. The lowest BCUT2D eigenvalue weighted by Gasteiger charge is -2.39. The number of fused-ring (bicyclic) bond motifs is 9. The van der Waals surface area contributed by atoms with Crippen molar-refractivity contribution in [2.24, 2.45) is 9.98 Å².